The van der Waals surface area contributed by atoms with E-state index in [1.54, 1.807) is 46.0 Å². The Morgan fingerprint density at radius 3 is 2.43 bits per heavy atom. The van der Waals surface area contributed by atoms with E-state index in [1.807, 2.05) is 0 Å². The van der Waals surface area contributed by atoms with E-state index in [4.69, 9.17) is 4.74 Å². The molecule has 3 amide bonds. The highest BCUT2D eigenvalue weighted by Gasteiger charge is 2.37. The first kappa shape index (κ1) is 33.2. The number of nitrogens with zero attached hydrogens (tertiary/aromatic N) is 3. The van der Waals surface area contributed by atoms with Gasteiger partial charge in [-0.2, -0.15) is 13.2 Å². The van der Waals surface area contributed by atoms with Gasteiger partial charge in [-0.1, -0.05) is 31.9 Å². The molecule has 5 rings (SSSR count). The quantitative estimate of drug-likeness (QED) is 0.153. The molecule has 2 aliphatic rings. The lowest BCUT2D eigenvalue weighted by Crippen LogP contribution is -2.46. The summed E-state index contributed by atoms with van der Waals surface area (Å²) in [5, 5.41) is 0.237. The summed E-state index contributed by atoms with van der Waals surface area (Å²) in [5.41, 5.74) is 0.419. The van der Waals surface area contributed by atoms with Crippen LogP contribution in [0, 0.1) is 5.82 Å². The number of amides is 3. The van der Waals surface area contributed by atoms with Crippen molar-refractivity contribution < 1.29 is 41.1 Å². The normalized spacial score (nSPS) is 16.5. The van der Waals surface area contributed by atoms with Crippen LogP contribution in [-0.2, 0) is 27.0 Å². The predicted molar refractivity (Wildman–Crippen MR) is 158 cm³/mol. The molecule has 0 bridgehead atoms. The summed E-state index contributed by atoms with van der Waals surface area (Å²) in [4.78, 5) is 40.4. The van der Waals surface area contributed by atoms with Crippen LogP contribution in [0.1, 0.15) is 42.9 Å². The number of aromatic nitrogens is 1. The second-order valence-corrected chi connectivity index (χ2v) is 11.2. The third-order valence-corrected chi connectivity index (χ3v) is 7.99. The number of hydrogen-bond acceptors (Lipinski definition) is 5. The average molecular weight is 638 g/mol. The fraction of sp³-hybridized carbons (Fsp3) is 0.387. The maximum absolute atomic E-state index is 14.3. The summed E-state index contributed by atoms with van der Waals surface area (Å²) in [6, 6.07) is 9.47. The summed E-state index contributed by atoms with van der Waals surface area (Å²) >= 11 is 0.758. The maximum Gasteiger partial charge on any atom is 0.416 e. The van der Waals surface area contributed by atoms with Crippen LogP contribution in [0.5, 0.6) is 0 Å². The minimum atomic E-state index is -4.62. The minimum absolute atomic E-state index is 0.0306. The highest BCUT2D eigenvalue weighted by Crippen LogP contribution is 2.33. The van der Waals surface area contributed by atoms with E-state index in [2.05, 4.69) is 6.92 Å². The molecule has 2 fully saturated rings. The Morgan fingerprint density at radius 1 is 1.05 bits per heavy atom. The van der Waals surface area contributed by atoms with Crippen molar-refractivity contribution in [2.45, 2.75) is 38.9 Å². The molecule has 2 aliphatic heterocycles. The number of benzene rings is 2. The Balaban J connectivity index is 0.000000670. The van der Waals surface area contributed by atoms with Crippen LogP contribution in [0.25, 0.3) is 17.0 Å². The lowest BCUT2D eigenvalue weighted by atomic mass is 10.1. The fourth-order valence-electron chi connectivity index (χ4n) is 4.66. The van der Waals surface area contributed by atoms with Crippen molar-refractivity contribution >= 4 is 45.8 Å². The van der Waals surface area contributed by atoms with Crippen molar-refractivity contribution in [2.24, 2.45) is 0 Å². The van der Waals surface area contributed by atoms with Crippen LogP contribution in [0.3, 0.4) is 0 Å². The number of morpholine rings is 1. The van der Waals surface area contributed by atoms with Gasteiger partial charge >= 0.3 is 6.18 Å². The second kappa shape index (κ2) is 14.8. The number of ether oxygens (including phenoxy) is 1. The van der Waals surface area contributed by atoms with Gasteiger partial charge in [0.05, 0.1) is 36.9 Å². The molecule has 2 aromatic carbocycles. The van der Waals surface area contributed by atoms with Gasteiger partial charge in [-0.15, -0.1) is 0 Å². The topological polar surface area (TPSA) is 71.9 Å². The zero-order valence-electron chi connectivity index (χ0n) is 24.0. The number of carbonyl (C=O) groups is 3. The van der Waals surface area contributed by atoms with Gasteiger partial charge in [0.15, 0.2) is 0 Å². The first-order valence-corrected chi connectivity index (χ1v) is 14.9. The Bertz CT molecular complexity index is 1530. The number of halogens is 5. The van der Waals surface area contributed by atoms with Crippen molar-refractivity contribution in [3.05, 3.63) is 76.1 Å². The summed E-state index contributed by atoms with van der Waals surface area (Å²) < 4.78 is 70.9. The number of thioether (sulfide) groups is 1. The number of fused-ring (bicyclic) bond motifs is 1. The molecular weight excluding hydrogens is 605 g/mol. The SMILES string of the molecule is CCCCCF.O=C(CN1C(=O)S/C(=C\c2ccc3c(ccn3Cc3ccc(C(F)(F)F)cc3F)c2)C1=O)N1CCOCC1. The van der Waals surface area contributed by atoms with Gasteiger partial charge in [0, 0.05) is 35.8 Å². The van der Waals surface area contributed by atoms with Crippen molar-refractivity contribution in [2.75, 3.05) is 39.5 Å². The standard InChI is InChI=1S/C26H21F4N3O4S.C5H11F/c27-20-13-19(26(28,29)30)3-2-18(20)14-32-6-5-17-11-16(1-4-21(17)32)12-22-24(35)33(25(36)38-22)15-23(34)31-7-9-37-10-8-31;1-2-3-4-5-6/h1-6,11-13H,7-10,14-15H2;2-5H2,1H3/b22-12-;. The molecule has 0 atom stereocenters. The molecule has 0 unspecified atom stereocenters. The zero-order chi connectivity index (χ0) is 31.9. The highest BCUT2D eigenvalue weighted by atomic mass is 32.2. The third kappa shape index (κ3) is 8.26. The molecule has 0 N–H and O–H groups in total. The molecule has 0 aliphatic carbocycles. The summed E-state index contributed by atoms with van der Waals surface area (Å²) in [6.07, 6.45) is 1.54. The predicted octanol–water partition coefficient (Wildman–Crippen LogP) is 6.89. The van der Waals surface area contributed by atoms with Crippen molar-refractivity contribution in [3.63, 3.8) is 0 Å². The lowest BCUT2D eigenvalue weighted by molar-refractivity contribution is -0.139. The number of rotatable bonds is 8. The second-order valence-electron chi connectivity index (χ2n) is 10.2. The smallest absolute Gasteiger partial charge is 0.378 e. The molecule has 13 heteroatoms. The lowest BCUT2D eigenvalue weighted by Gasteiger charge is -2.28. The molecule has 7 nitrogen and oxygen atoms in total. The van der Waals surface area contributed by atoms with E-state index in [1.165, 1.54) is 0 Å². The highest BCUT2D eigenvalue weighted by molar-refractivity contribution is 8.18. The summed E-state index contributed by atoms with van der Waals surface area (Å²) in [5.74, 6) is -1.80. The fourth-order valence-corrected chi connectivity index (χ4v) is 5.50. The van der Waals surface area contributed by atoms with Gasteiger partial charge in [0.1, 0.15) is 12.4 Å². The number of imide groups is 1. The van der Waals surface area contributed by atoms with E-state index in [0.29, 0.717) is 43.4 Å². The van der Waals surface area contributed by atoms with Gasteiger partial charge in [-0.25, -0.2) is 4.39 Å². The van der Waals surface area contributed by atoms with Crippen molar-refractivity contribution in [1.82, 2.24) is 14.4 Å². The number of hydrogen-bond donors (Lipinski definition) is 0. The van der Waals surface area contributed by atoms with E-state index in [0.717, 1.165) is 53.4 Å². The molecule has 3 aromatic rings. The van der Waals surface area contributed by atoms with Crippen LogP contribution < -0.4 is 0 Å². The molecule has 236 valence electrons. The van der Waals surface area contributed by atoms with E-state index < -0.39 is 28.7 Å². The van der Waals surface area contributed by atoms with Crippen LogP contribution in [-0.4, -0.2) is 70.9 Å². The van der Waals surface area contributed by atoms with Crippen LogP contribution in [0.2, 0.25) is 0 Å². The average Bonchev–Trinajstić information content (AvgIpc) is 3.52. The van der Waals surface area contributed by atoms with Gasteiger partial charge in [-0.3, -0.25) is 23.7 Å². The number of carbonyl (C=O) groups excluding carboxylic acids is 3. The first-order valence-electron chi connectivity index (χ1n) is 14.1. The van der Waals surface area contributed by atoms with Crippen molar-refractivity contribution in [1.29, 1.82) is 0 Å². The van der Waals surface area contributed by atoms with Gasteiger partial charge in [0.2, 0.25) is 5.91 Å². The summed E-state index contributed by atoms with van der Waals surface area (Å²) in [7, 11) is 0. The zero-order valence-corrected chi connectivity index (χ0v) is 24.9. The molecule has 0 radical (unpaired) electrons. The molecular formula is C31H32F5N3O4S. The van der Waals surface area contributed by atoms with E-state index in [-0.39, 0.29) is 36.1 Å². The van der Waals surface area contributed by atoms with E-state index in [9.17, 15) is 36.3 Å². The van der Waals surface area contributed by atoms with Crippen LogP contribution in [0.4, 0.5) is 26.7 Å². The van der Waals surface area contributed by atoms with Gasteiger partial charge < -0.3 is 14.2 Å². The first-order chi connectivity index (χ1) is 21.0. The minimum Gasteiger partial charge on any atom is -0.378 e. The van der Waals surface area contributed by atoms with Gasteiger partial charge in [0.25, 0.3) is 11.1 Å². The molecule has 44 heavy (non-hydrogen) atoms. The Labute approximate surface area is 255 Å². The molecule has 2 saturated heterocycles. The molecule has 1 aromatic heterocycles. The van der Waals surface area contributed by atoms with Crippen LogP contribution in [0.15, 0.2) is 53.6 Å². The van der Waals surface area contributed by atoms with E-state index >= 15 is 0 Å². The third-order valence-electron chi connectivity index (χ3n) is 7.08. The van der Waals surface area contributed by atoms with Gasteiger partial charge in [-0.05, 0) is 60.2 Å². The van der Waals surface area contributed by atoms with Crippen LogP contribution >= 0.6 is 11.8 Å². The molecule has 3 heterocycles. The number of alkyl halides is 4. The number of unbranched alkanes of at least 4 members (excludes halogenated alkanes) is 2. The maximum atomic E-state index is 14.3. The Kier molecular flexibility index (Phi) is 11.2. The summed E-state index contributed by atoms with van der Waals surface area (Å²) in [6.45, 7) is 3.27. The molecule has 0 spiro atoms. The van der Waals surface area contributed by atoms with Crippen molar-refractivity contribution in [3.8, 4) is 0 Å². The monoisotopic (exact) mass is 637 g/mol. The largest absolute Gasteiger partial charge is 0.416 e. The Hall–Kier alpha value is -3.71. The molecule has 0 saturated carbocycles. The Morgan fingerprint density at radius 2 is 1.80 bits per heavy atom.